The smallest absolute Gasteiger partial charge is 0.223 e. The number of rotatable bonds is 4. The van der Waals surface area contributed by atoms with Crippen molar-refractivity contribution in [1.29, 1.82) is 0 Å². The van der Waals surface area contributed by atoms with E-state index in [1.165, 1.54) is 22.3 Å². The molecule has 17 heavy (non-hydrogen) atoms. The summed E-state index contributed by atoms with van der Waals surface area (Å²) in [6.45, 7) is 6.99. The number of hydrogen-bond acceptors (Lipinski definition) is 2. The molecule has 0 aliphatic rings. The van der Waals surface area contributed by atoms with Crippen molar-refractivity contribution in [1.82, 2.24) is 4.90 Å². The Kier molecular flexibility index (Phi) is 5.06. The topological polar surface area (TPSA) is 20.3 Å². The van der Waals surface area contributed by atoms with Crippen LogP contribution in [0.2, 0.25) is 0 Å². The predicted molar refractivity (Wildman–Crippen MR) is 75.6 cm³/mol. The number of aryl methyl sites for hydroxylation is 3. The lowest BCUT2D eigenvalue weighted by Gasteiger charge is -2.19. The molecule has 0 aliphatic carbocycles. The molecule has 0 N–H and O–H groups in total. The third-order valence-corrected chi connectivity index (χ3v) is 3.33. The number of benzene rings is 1. The molecule has 0 bridgehead atoms. The van der Waals surface area contributed by atoms with Crippen LogP contribution in [0, 0.1) is 20.8 Å². The maximum absolute atomic E-state index is 11.7. The van der Waals surface area contributed by atoms with Crippen molar-refractivity contribution in [2.45, 2.75) is 33.7 Å². The number of amides is 1. The van der Waals surface area contributed by atoms with Crippen LogP contribution in [0.3, 0.4) is 0 Å². The van der Waals surface area contributed by atoms with Gasteiger partial charge in [-0.1, -0.05) is 12.1 Å². The standard InChI is InChI=1S/C14H21NOS/c1-10-7-12(3)13(8-11(10)2)9-15(4)14(16)5-6-17/h7-8,17H,5-6,9H2,1-4H3. The maximum Gasteiger partial charge on any atom is 0.223 e. The van der Waals surface area contributed by atoms with Crippen LogP contribution in [-0.2, 0) is 11.3 Å². The molecule has 0 saturated heterocycles. The van der Waals surface area contributed by atoms with Crippen molar-refractivity contribution in [3.05, 3.63) is 34.4 Å². The second-order valence-corrected chi connectivity index (χ2v) is 5.03. The summed E-state index contributed by atoms with van der Waals surface area (Å²) in [6, 6.07) is 4.36. The molecule has 0 spiro atoms. The highest BCUT2D eigenvalue weighted by Crippen LogP contribution is 2.17. The van der Waals surface area contributed by atoms with Gasteiger partial charge in [-0.2, -0.15) is 12.6 Å². The first-order valence-corrected chi connectivity index (χ1v) is 6.50. The zero-order valence-electron chi connectivity index (χ0n) is 11.1. The van der Waals surface area contributed by atoms with Crippen molar-refractivity contribution < 1.29 is 4.79 Å². The summed E-state index contributed by atoms with van der Waals surface area (Å²) in [6.07, 6.45) is 0.503. The van der Waals surface area contributed by atoms with E-state index in [4.69, 9.17) is 0 Å². The van der Waals surface area contributed by atoms with Gasteiger partial charge in [0.05, 0.1) is 0 Å². The molecule has 0 atom stereocenters. The molecule has 0 fully saturated rings. The van der Waals surface area contributed by atoms with Crippen LogP contribution in [0.4, 0.5) is 0 Å². The molecule has 0 aromatic heterocycles. The number of carbonyl (C=O) groups excluding carboxylic acids is 1. The Hall–Kier alpha value is -0.960. The molecule has 3 heteroatoms. The van der Waals surface area contributed by atoms with Gasteiger partial charge in [0.1, 0.15) is 0 Å². The lowest BCUT2D eigenvalue weighted by atomic mass is 10.0. The maximum atomic E-state index is 11.7. The van der Waals surface area contributed by atoms with E-state index in [0.717, 1.165) is 0 Å². The Bertz CT molecular complexity index is 415. The molecule has 94 valence electrons. The van der Waals surface area contributed by atoms with E-state index in [1.54, 1.807) is 4.90 Å². The number of hydrogen-bond donors (Lipinski definition) is 1. The molecular formula is C14H21NOS. The van der Waals surface area contributed by atoms with Crippen LogP contribution in [0.15, 0.2) is 12.1 Å². The first-order valence-electron chi connectivity index (χ1n) is 5.87. The van der Waals surface area contributed by atoms with Crippen molar-refractivity contribution in [3.63, 3.8) is 0 Å². The van der Waals surface area contributed by atoms with Gasteiger partial charge in [0, 0.05) is 20.0 Å². The zero-order valence-corrected chi connectivity index (χ0v) is 12.0. The molecule has 0 saturated carbocycles. The fourth-order valence-corrected chi connectivity index (χ4v) is 2.01. The van der Waals surface area contributed by atoms with E-state index < -0.39 is 0 Å². The molecule has 2 nitrogen and oxygen atoms in total. The average Bonchev–Trinajstić information content (AvgIpc) is 2.26. The van der Waals surface area contributed by atoms with Crippen molar-refractivity contribution in [3.8, 4) is 0 Å². The first-order chi connectivity index (χ1) is 7.95. The molecule has 0 aliphatic heterocycles. The van der Waals surface area contributed by atoms with Gasteiger partial charge in [0.2, 0.25) is 5.91 Å². The Labute approximate surface area is 109 Å². The quantitative estimate of drug-likeness (QED) is 0.816. The fraction of sp³-hybridized carbons (Fsp3) is 0.500. The first kappa shape index (κ1) is 14.1. The normalized spacial score (nSPS) is 10.4. The molecule has 1 aromatic rings. The van der Waals surface area contributed by atoms with Crippen LogP contribution in [0.25, 0.3) is 0 Å². The van der Waals surface area contributed by atoms with E-state index in [2.05, 4.69) is 45.5 Å². The zero-order chi connectivity index (χ0) is 13.0. The summed E-state index contributed by atoms with van der Waals surface area (Å²) in [5, 5.41) is 0. The van der Waals surface area contributed by atoms with Crippen molar-refractivity contribution in [2.24, 2.45) is 0 Å². The summed E-state index contributed by atoms with van der Waals surface area (Å²) in [5.41, 5.74) is 5.05. The average molecular weight is 251 g/mol. The third-order valence-electron chi connectivity index (χ3n) is 3.11. The molecule has 1 amide bonds. The number of nitrogens with zero attached hydrogens (tertiary/aromatic N) is 1. The summed E-state index contributed by atoms with van der Waals surface area (Å²) in [7, 11) is 1.85. The molecule has 0 heterocycles. The monoisotopic (exact) mass is 251 g/mol. The molecule has 1 aromatic carbocycles. The Morgan fingerprint density at radius 3 is 2.35 bits per heavy atom. The minimum absolute atomic E-state index is 0.151. The minimum atomic E-state index is 0.151. The van der Waals surface area contributed by atoms with E-state index >= 15 is 0 Å². The Morgan fingerprint density at radius 1 is 1.18 bits per heavy atom. The SMILES string of the molecule is Cc1cc(C)c(CN(C)C(=O)CCS)cc1C. The Morgan fingerprint density at radius 2 is 1.76 bits per heavy atom. The van der Waals surface area contributed by atoms with E-state index in [-0.39, 0.29) is 5.91 Å². The second kappa shape index (κ2) is 6.10. The number of carbonyl (C=O) groups is 1. The predicted octanol–water partition coefficient (Wildman–Crippen LogP) is 2.89. The van der Waals surface area contributed by atoms with E-state index in [9.17, 15) is 4.79 Å². The van der Waals surface area contributed by atoms with Gasteiger partial charge in [0.25, 0.3) is 0 Å². The van der Waals surface area contributed by atoms with Gasteiger partial charge in [-0.3, -0.25) is 4.79 Å². The van der Waals surface area contributed by atoms with Gasteiger partial charge in [-0.15, -0.1) is 0 Å². The molecule has 0 unspecified atom stereocenters. The molecule has 0 radical (unpaired) electrons. The third kappa shape index (κ3) is 3.77. The minimum Gasteiger partial charge on any atom is -0.341 e. The van der Waals surface area contributed by atoms with Crippen molar-refractivity contribution in [2.75, 3.05) is 12.8 Å². The Balaban J connectivity index is 2.81. The van der Waals surface area contributed by atoms with Crippen molar-refractivity contribution >= 4 is 18.5 Å². The van der Waals surface area contributed by atoms with E-state index in [0.29, 0.717) is 18.7 Å². The fourth-order valence-electron chi connectivity index (χ4n) is 1.82. The van der Waals surface area contributed by atoms with Gasteiger partial charge in [-0.05, 0) is 48.8 Å². The van der Waals surface area contributed by atoms with Gasteiger partial charge < -0.3 is 4.90 Å². The highest BCUT2D eigenvalue weighted by atomic mass is 32.1. The van der Waals surface area contributed by atoms with Gasteiger partial charge in [0.15, 0.2) is 0 Å². The summed E-state index contributed by atoms with van der Waals surface area (Å²) < 4.78 is 0. The summed E-state index contributed by atoms with van der Waals surface area (Å²) in [4.78, 5) is 13.5. The van der Waals surface area contributed by atoms with Crippen LogP contribution in [-0.4, -0.2) is 23.6 Å². The second-order valence-electron chi connectivity index (χ2n) is 4.59. The molecule has 1 rings (SSSR count). The highest BCUT2D eigenvalue weighted by Gasteiger charge is 2.10. The lowest BCUT2D eigenvalue weighted by molar-refractivity contribution is -0.129. The van der Waals surface area contributed by atoms with E-state index in [1.807, 2.05) is 7.05 Å². The lowest BCUT2D eigenvalue weighted by Crippen LogP contribution is -2.26. The summed E-state index contributed by atoms with van der Waals surface area (Å²) >= 11 is 4.08. The van der Waals surface area contributed by atoms with Crippen LogP contribution < -0.4 is 0 Å². The van der Waals surface area contributed by atoms with Gasteiger partial charge >= 0.3 is 0 Å². The molecular weight excluding hydrogens is 230 g/mol. The van der Waals surface area contributed by atoms with Crippen LogP contribution in [0.5, 0.6) is 0 Å². The summed E-state index contributed by atoms with van der Waals surface area (Å²) in [5.74, 6) is 0.757. The highest BCUT2D eigenvalue weighted by molar-refractivity contribution is 7.80. The van der Waals surface area contributed by atoms with Crippen LogP contribution >= 0.6 is 12.6 Å². The number of thiol groups is 1. The van der Waals surface area contributed by atoms with Crippen LogP contribution in [0.1, 0.15) is 28.7 Å². The van der Waals surface area contributed by atoms with Gasteiger partial charge in [-0.25, -0.2) is 0 Å². The largest absolute Gasteiger partial charge is 0.341 e.